The number of nitrogens with one attached hydrogen (secondary N) is 1. The lowest BCUT2D eigenvalue weighted by atomic mass is 10.2. The molecule has 6 heteroatoms. The average molecular weight is 300 g/mol. The third-order valence-corrected chi connectivity index (χ3v) is 3.10. The number of benzene rings is 1. The first-order valence-corrected chi connectivity index (χ1v) is 7.27. The zero-order valence-corrected chi connectivity index (χ0v) is 12.6. The van der Waals surface area contributed by atoms with Crippen LogP contribution in [0.5, 0.6) is 0 Å². The Morgan fingerprint density at radius 3 is 2.77 bits per heavy atom. The summed E-state index contributed by atoms with van der Waals surface area (Å²) in [6.07, 6.45) is 4.60. The topological polar surface area (TPSA) is 80.0 Å². The van der Waals surface area contributed by atoms with Crippen LogP contribution in [0.4, 0.5) is 0 Å². The number of rotatable bonds is 7. The third-order valence-electron chi connectivity index (χ3n) is 3.10. The van der Waals surface area contributed by atoms with Crippen molar-refractivity contribution >= 4 is 18.1 Å². The van der Waals surface area contributed by atoms with Gasteiger partial charge in [-0.1, -0.05) is 48.5 Å². The number of carbonyl (C=O) groups is 1. The van der Waals surface area contributed by atoms with E-state index in [2.05, 4.69) is 15.6 Å². The van der Waals surface area contributed by atoms with E-state index in [-0.39, 0.29) is 19.1 Å². The molecule has 0 aliphatic rings. The van der Waals surface area contributed by atoms with Crippen molar-refractivity contribution in [1.29, 1.82) is 0 Å². The Kier molecular flexibility index (Phi) is 5.85. The molecule has 0 bridgehead atoms. The zero-order chi connectivity index (χ0) is 15.8. The molecule has 0 saturated carbocycles. The van der Waals surface area contributed by atoms with Gasteiger partial charge in [0.1, 0.15) is 12.2 Å². The minimum atomic E-state index is -0.217. The summed E-state index contributed by atoms with van der Waals surface area (Å²) in [5.41, 5.74) is 2.11. The first-order valence-electron chi connectivity index (χ1n) is 7.27. The maximum absolute atomic E-state index is 11.8. The average Bonchev–Trinajstić information content (AvgIpc) is 2.93. The van der Waals surface area contributed by atoms with Crippen LogP contribution in [0.25, 0.3) is 12.2 Å². The summed E-state index contributed by atoms with van der Waals surface area (Å²) in [7, 11) is 0. The van der Waals surface area contributed by atoms with Gasteiger partial charge in [0.25, 0.3) is 0 Å². The van der Waals surface area contributed by atoms with Gasteiger partial charge in [-0.15, -0.1) is 5.10 Å². The maximum atomic E-state index is 11.8. The highest BCUT2D eigenvalue weighted by Crippen LogP contribution is 2.11. The van der Waals surface area contributed by atoms with Crippen LogP contribution in [0.15, 0.2) is 30.3 Å². The molecule has 0 radical (unpaired) electrons. The van der Waals surface area contributed by atoms with Gasteiger partial charge in [-0.05, 0) is 18.1 Å². The van der Waals surface area contributed by atoms with Crippen LogP contribution in [0.2, 0.25) is 0 Å². The molecule has 116 valence electrons. The Balaban J connectivity index is 2.16. The van der Waals surface area contributed by atoms with E-state index >= 15 is 0 Å². The summed E-state index contributed by atoms with van der Waals surface area (Å²) in [5.74, 6) is -0.120. The molecule has 0 aliphatic heterocycles. The molecule has 1 heterocycles. The second-order valence-corrected chi connectivity index (χ2v) is 4.83. The second kappa shape index (κ2) is 8.09. The SMILES string of the molecule is CCCNC(=O)Cn1nnc(CO)c1/C=C/c1ccccc1. The molecule has 1 amide bonds. The number of hydrogen-bond donors (Lipinski definition) is 2. The van der Waals surface area contributed by atoms with Crippen LogP contribution in [-0.4, -0.2) is 32.6 Å². The fourth-order valence-corrected chi connectivity index (χ4v) is 1.96. The minimum Gasteiger partial charge on any atom is -0.390 e. The lowest BCUT2D eigenvalue weighted by Crippen LogP contribution is -2.29. The van der Waals surface area contributed by atoms with E-state index in [1.807, 2.05) is 49.4 Å². The Hall–Kier alpha value is -2.47. The van der Waals surface area contributed by atoms with E-state index in [0.29, 0.717) is 17.9 Å². The summed E-state index contributed by atoms with van der Waals surface area (Å²) >= 11 is 0. The summed E-state index contributed by atoms with van der Waals surface area (Å²) in [6.45, 7) is 2.50. The highest BCUT2D eigenvalue weighted by molar-refractivity contribution is 5.76. The molecule has 0 aliphatic carbocycles. The number of aliphatic hydroxyl groups is 1. The van der Waals surface area contributed by atoms with E-state index < -0.39 is 0 Å². The monoisotopic (exact) mass is 300 g/mol. The van der Waals surface area contributed by atoms with Gasteiger partial charge in [-0.25, -0.2) is 4.68 Å². The summed E-state index contributed by atoms with van der Waals surface area (Å²) < 4.78 is 1.50. The highest BCUT2D eigenvalue weighted by Gasteiger charge is 2.12. The Morgan fingerprint density at radius 2 is 2.09 bits per heavy atom. The number of aromatic nitrogens is 3. The predicted molar refractivity (Wildman–Crippen MR) is 84.6 cm³/mol. The molecule has 2 aromatic rings. The van der Waals surface area contributed by atoms with Crippen molar-refractivity contribution in [3.05, 3.63) is 47.3 Å². The van der Waals surface area contributed by atoms with Crippen molar-refractivity contribution in [1.82, 2.24) is 20.3 Å². The molecule has 2 N–H and O–H groups in total. The second-order valence-electron chi connectivity index (χ2n) is 4.83. The molecule has 1 aromatic heterocycles. The lowest BCUT2D eigenvalue weighted by Gasteiger charge is -2.05. The standard InChI is InChI=1S/C16H20N4O2/c1-2-10-17-16(22)11-20-15(14(12-21)18-19-20)9-8-13-6-4-3-5-7-13/h3-9,21H,2,10-12H2,1H3,(H,17,22)/b9-8+. The molecule has 0 fully saturated rings. The molecule has 1 aromatic carbocycles. The van der Waals surface area contributed by atoms with Crippen molar-refractivity contribution in [3.8, 4) is 0 Å². The largest absolute Gasteiger partial charge is 0.390 e. The smallest absolute Gasteiger partial charge is 0.241 e. The molecule has 22 heavy (non-hydrogen) atoms. The van der Waals surface area contributed by atoms with Crippen molar-refractivity contribution < 1.29 is 9.90 Å². The Labute approximate surface area is 129 Å². The van der Waals surface area contributed by atoms with E-state index in [0.717, 1.165) is 12.0 Å². The van der Waals surface area contributed by atoms with Gasteiger partial charge in [-0.2, -0.15) is 0 Å². The fraction of sp³-hybridized carbons (Fsp3) is 0.312. The molecule has 0 atom stereocenters. The quantitative estimate of drug-likeness (QED) is 0.811. The van der Waals surface area contributed by atoms with E-state index in [1.165, 1.54) is 4.68 Å². The van der Waals surface area contributed by atoms with Crippen LogP contribution in [0, 0.1) is 0 Å². The molecule has 0 saturated heterocycles. The predicted octanol–water partition coefficient (Wildman–Crippen LogP) is 1.47. The van der Waals surface area contributed by atoms with Crippen molar-refractivity contribution in [3.63, 3.8) is 0 Å². The van der Waals surface area contributed by atoms with Gasteiger partial charge in [0, 0.05) is 6.54 Å². The Bertz CT molecular complexity index is 635. The van der Waals surface area contributed by atoms with Gasteiger partial charge in [0.2, 0.25) is 5.91 Å². The molecular formula is C16H20N4O2. The van der Waals surface area contributed by atoms with Crippen LogP contribution < -0.4 is 5.32 Å². The van der Waals surface area contributed by atoms with Crippen molar-refractivity contribution in [2.75, 3.05) is 6.54 Å². The highest BCUT2D eigenvalue weighted by atomic mass is 16.3. The van der Waals surface area contributed by atoms with Crippen LogP contribution >= 0.6 is 0 Å². The third kappa shape index (κ3) is 4.26. The van der Waals surface area contributed by atoms with E-state index in [9.17, 15) is 9.90 Å². The summed E-state index contributed by atoms with van der Waals surface area (Å²) in [6, 6.07) is 9.77. The first kappa shape index (κ1) is 15.9. The van der Waals surface area contributed by atoms with Gasteiger partial charge in [-0.3, -0.25) is 4.79 Å². The number of aliphatic hydroxyl groups excluding tert-OH is 1. The molecule has 0 unspecified atom stereocenters. The van der Waals surface area contributed by atoms with E-state index in [4.69, 9.17) is 0 Å². The molecular weight excluding hydrogens is 280 g/mol. The van der Waals surface area contributed by atoms with Crippen molar-refractivity contribution in [2.24, 2.45) is 0 Å². The molecule has 2 rings (SSSR count). The summed E-state index contributed by atoms with van der Waals surface area (Å²) in [5, 5.41) is 20.0. The minimum absolute atomic E-state index is 0.0848. The first-order chi connectivity index (χ1) is 10.7. The van der Waals surface area contributed by atoms with Crippen LogP contribution in [-0.2, 0) is 17.9 Å². The van der Waals surface area contributed by atoms with Gasteiger partial charge < -0.3 is 10.4 Å². The van der Waals surface area contributed by atoms with Crippen LogP contribution in [0.3, 0.4) is 0 Å². The normalized spacial score (nSPS) is 11.0. The number of carbonyl (C=O) groups excluding carboxylic acids is 1. The van der Waals surface area contributed by atoms with Crippen molar-refractivity contribution in [2.45, 2.75) is 26.5 Å². The Morgan fingerprint density at radius 1 is 1.32 bits per heavy atom. The zero-order valence-electron chi connectivity index (χ0n) is 12.6. The number of hydrogen-bond acceptors (Lipinski definition) is 4. The van der Waals surface area contributed by atoms with E-state index in [1.54, 1.807) is 0 Å². The lowest BCUT2D eigenvalue weighted by molar-refractivity contribution is -0.121. The van der Waals surface area contributed by atoms with Gasteiger partial charge in [0.05, 0.1) is 12.3 Å². The maximum Gasteiger partial charge on any atom is 0.241 e. The number of nitrogens with zero attached hydrogens (tertiary/aromatic N) is 3. The number of amides is 1. The molecule has 6 nitrogen and oxygen atoms in total. The van der Waals surface area contributed by atoms with Gasteiger partial charge in [0.15, 0.2) is 0 Å². The van der Waals surface area contributed by atoms with Gasteiger partial charge >= 0.3 is 0 Å². The summed E-state index contributed by atoms with van der Waals surface area (Å²) in [4.78, 5) is 11.8. The fourth-order valence-electron chi connectivity index (χ4n) is 1.96. The molecule has 0 spiro atoms. The van der Waals surface area contributed by atoms with Crippen LogP contribution in [0.1, 0.15) is 30.3 Å².